The van der Waals surface area contributed by atoms with E-state index < -0.39 is 36.3 Å². The summed E-state index contributed by atoms with van der Waals surface area (Å²) < 4.78 is 4.98. The van der Waals surface area contributed by atoms with E-state index in [4.69, 9.17) is 4.74 Å². The Labute approximate surface area is 162 Å². The van der Waals surface area contributed by atoms with E-state index in [2.05, 4.69) is 5.32 Å². The number of rotatable bonds is 7. The maximum Gasteiger partial charge on any atom is 0.329 e. The van der Waals surface area contributed by atoms with Gasteiger partial charge in [-0.1, -0.05) is 42.5 Å². The Hall–Kier alpha value is -3.48. The average molecular weight is 380 g/mol. The first kappa shape index (κ1) is 19.3. The molecule has 0 saturated carbocycles. The fraction of sp³-hybridized carbons (Fsp3) is 0.238. The van der Waals surface area contributed by atoms with E-state index in [0.29, 0.717) is 13.0 Å². The predicted octanol–water partition coefficient (Wildman–Crippen LogP) is 1.57. The van der Waals surface area contributed by atoms with Crippen LogP contribution in [-0.2, 0) is 20.7 Å². The number of hydrogen-bond acceptors (Lipinski definition) is 5. The van der Waals surface area contributed by atoms with Crippen LogP contribution < -0.4 is 5.32 Å². The maximum absolute atomic E-state index is 12.4. The van der Waals surface area contributed by atoms with E-state index >= 15 is 0 Å². The molecule has 1 atom stereocenters. The van der Waals surface area contributed by atoms with Crippen LogP contribution in [0.2, 0.25) is 0 Å². The topological polar surface area (TPSA) is 92.8 Å². The summed E-state index contributed by atoms with van der Waals surface area (Å²) in [6.07, 6.45) is 0.659. The van der Waals surface area contributed by atoms with Crippen molar-refractivity contribution in [1.29, 1.82) is 0 Å². The lowest BCUT2D eigenvalue weighted by Gasteiger charge is -2.20. The van der Waals surface area contributed by atoms with E-state index in [0.717, 1.165) is 10.5 Å². The van der Waals surface area contributed by atoms with Gasteiger partial charge in [-0.3, -0.25) is 19.3 Å². The van der Waals surface area contributed by atoms with Crippen molar-refractivity contribution in [2.75, 3.05) is 13.2 Å². The van der Waals surface area contributed by atoms with Gasteiger partial charge in [-0.25, -0.2) is 4.79 Å². The van der Waals surface area contributed by atoms with Crippen LogP contribution in [-0.4, -0.2) is 47.8 Å². The van der Waals surface area contributed by atoms with E-state index in [1.54, 1.807) is 12.1 Å². The van der Waals surface area contributed by atoms with Gasteiger partial charge in [0.05, 0.1) is 11.1 Å². The highest BCUT2D eigenvalue weighted by molar-refractivity contribution is 6.22. The van der Waals surface area contributed by atoms with Crippen molar-refractivity contribution >= 4 is 23.7 Å². The molecule has 0 unspecified atom stereocenters. The number of amides is 3. The van der Waals surface area contributed by atoms with Crippen LogP contribution in [0, 0.1) is 0 Å². The summed E-state index contributed by atoms with van der Waals surface area (Å²) in [5.74, 6) is -2.35. The molecule has 0 spiro atoms. The second kappa shape index (κ2) is 8.47. The van der Waals surface area contributed by atoms with Gasteiger partial charge in [0.1, 0.15) is 6.04 Å². The number of nitrogens with zero attached hydrogens (tertiary/aromatic N) is 1. The Balaban J connectivity index is 1.48. The molecule has 7 heteroatoms. The van der Waals surface area contributed by atoms with Crippen molar-refractivity contribution in [2.24, 2.45) is 0 Å². The first-order valence-corrected chi connectivity index (χ1v) is 8.93. The normalized spacial score (nSPS) is 13.8. The number of nitrogens with one attached hydrogen (secondary N) is 1. The van der Waals surface area contributed by atoms with E-state index in [1.165, 1.54) is 19.1 Å². The number of carbonyl (C=O) groups excluding carboxylic acids is 4. The molecule has 2 aromatic carbocycles. The van der Waals surface area contributed by atoms with E-state index in [9.17, 15) is 19.2 Å². The quantitative estimate of drug-likeness (QED) is 0.581. The molecule has 1 N–H and O–H groups in total. The summed E-state index contributed by atoms with van der Waals surface area (Å²) in [5.41, 5.74) is 1.59. The zero-order valence-electron chi connectivity index (χ0n) is 15.4. The van der Waals surface area contributed by atoms with Crippen molar-refractivity contribution in [3.8, 4) is 0 Å². The number of fused-ring (bicyclic) bond motifs is 1. The third-order valence-corrected chi connectivity index (χ3v) is 4.48. The fourth-order valence-corrected chi connectivity index (χ4v) is 2.96. The Morgan fingerprint density at radius 3 is 2.14 bits per heavy atom. The molecule has 28 heavy (non-hydrogen) atoms. The van der Waals surface area contributed by atoms with Gasteiger partial charge >= 0.3 is 5.97 Å². The average Bonchev–Trinajstić information content (AvgIpc) is 2.97. The first-order chi connectivity index (χ1) is 13.5. The van der Waals surface area contributed by atoms with Crippen molar-refractivity contribution in [3.05, 3.63) is 71.3 Å². The number of esters is 1. The van der Waals surface area contributed by atoms with Gasteiger partial charge in [0.2, 0.25) is 0 Å². The number of ether oxygens (including phenoxy) is 1. The van der Waals surface area contributed by atoms with Crippen LogP contribution in [0.5, 0.6) is 0 Å². The van der Waals surface area contributed by atoms with Crippen molar-refractivity contribution < 1.29 is 23.9 Å². The molecular formula is C21H20N2O5. The molecule has 0 radical (unpaired) electrons. The van der Waals surface area contributed by atoms with Crippen molar-refractivity contribution in [1.82, 2.24) is 10.2 Å². The lowest BCUT2D eigenvalue weighted by atomic mass is 10.1. The third-order valence-electron chi connectivity index (χ3n) is 4.48. The molecule has 7 nitrogen and oxygen atoms in total. The standard InChI is InChI=1S/C21H20N2O5/c1-14(23-19(25)16-9-5-6-10-17(16)20(23)26)21(27)28-13-18(24)22-12-11-15-7-3-2-4-8-15/h2-10,14H,11-13H2,1H3,(H,22,24)/t14-/m1/s1. The number of imide groups is 1. The van der Waals surface area contributed by atoms with Crippen molar-refractivity contribution in [2.45, 2.75) is 19.4 Å². The van der Waals surface area contributed by atoms with Crippen LogP contribution in [0.4, 0.5) is 0 Å². The highest BCUT2D eigenvalue weighted by atomic mass is 16.5. The van der Waals surface area contributed by atoms with Gasteiger partial charge in [-0.05, 0) is 31.0 Å². The Kier molecular flexibility index (Phi) is 5.84. The molecule has 0 aliphatic carbocycles. The Morgan fingerprint density at radius 1 is 0.964 bits per heavy atom. The van der Waals surface area contributed by atoms with Gasteiger partial charge < -0.3 is 10.1 Å². The SMILES string of the molecule is C[C@H](C(=O)OCC(=O)NCCc1ccccc1)N1C(=O)c2ccccc2C1=O. The smallest absolute Gasteiger partial charge is 0.329 e. The first-order valence-electron chi connectivity index (χ1n) is 8.93. The van der Waals surface area contributed by atoms with Crippen LogP contribution in [0.15, 0.2) is 54.6 Å². The molecule has 3 amide bonds. The monoisotopic (exact) mass is 380 g/mol. The predicted molar refractivity (Wildman–Crippen MR) is 101 cm³/mol. The van der Waals surface area contributed by atoms with E-state index in [1.807, 2.05) is 30.3 Å². The number of hydrogen-bond donors (Lipinski definition) is 1. The van der Waals surface area contributed by atoms with Crippen LogP contribution >= 0.6 is 0 Å². The summed E-state index contributed by atoms with van der Waals surface area (Å²) in [5, 5.41) is 2.66. The van der Waals surface area contributed by atoms with Gasteiger partial charge in [-0.2, -0.15) is 0 Å². The summed E-state index contributed by atoms with van der Waals surface area (Å²) >= 11 is 0. The van der Waals surface area contributed by atoms with Gasteiger partial charge in [0.25, 0.3) is 17.7 Å². The van der Waals surface area contributed by atoms with E-state index in [-0.39, 0.29) is 11.1 Å². The number of carbonyl (C=O) groups is 4. The molecule has 0 aromatic heterocycles. The summed E-state index contributed by atoms with van der Waals surface area (Å²) in [4.78, 5) is 49.7. The van der Waals surface area contributed by atoms with Gasteiger partial charge in [-0.15, -0.1) is 0 Å². The summed E-state index contributed by atoms with van der Waals surface area (Å²) in [6, 6.07) is 14.9. The molecule has 1 aliphatic rings. The van der Waals surface area contributed by atoms with Gasteiger partial charge in [0, 0.05) is 6.54 Å². The zero-order valence-corrected chi connectivity index (χ0v) is 15.4. The molecule has 1 aliphatic heterocycles. The number of benzene rings is 2. The minimum atomic E-state index is -1.12. The molecule has 144 valence electrons. The molecule has 3 rings (SSSR count). The third kappa shape index (κ3) is 4.09. The minimum absolute atomic E-state index is 0.255. The van der Waals surface area contributed by atoms with Crippen LogP contribution in [0.3, 0.4) is 0 Å². The fourth-order valence-electron chi connectivity index (χ4n) is 2.96. The second-order valence-electron chi connectivity index (χ2n) is 6.40. The van der Waals surface area contributed by atoms with Crippen molar-refractivity contribution in [3.63, 3.8) is 0 Å². The molecule has 2 aromatic rings. The Morgan fingerprint density at radius 2 is 1.54 bits per heavy atom. The summed E-state index contributed by atoms with van der Waals surface area (Å²) in [7, 11) is 0. The lowest BCUT2D eigenvalue weighted by molar-refractivity contribution is -0.151. The Bertz CT molecular complexity index is 875. The largest absolute Gasteiger partial charge is 0.454 e. The molecule has 0 saturated heterocycles. The summed E-state index contributed by atoms with van der Waals surface area (Å²) in [6.45, 7) is 1.34. The molecular weight excluding hydrogens is 360 g/mol. The van der Waals surface area contributed by atoms with Crippen LogP contribution in [0.1, 0.15) is 33.2 Å². The minimum Gasteiger partial charge on any atom is -0.454 e. The zero-order chi connectivity index (χ0) is 20.1. The van der Waals surface area contributed by atoms with Crippen LogP contribution in [0.25, 0.3) is 0 Å². The van der Waals surface area contributed by atoms with Gasteiger partial charge in [0.15, 0.2) is 6.61 Å². The highest BCUT2D eigenvalue weighted by Gasteiger charge is 2.41. The maximum atomic E-state index is 12.4. The second-order valence-corrected chi connectivity index (χ2v) is 6.40. The molecule has 1 heterocycles. The highest BCUT2D eigenvalue weighted by Crippen LogP contribution is 2.24. The molecule has 0 fully saturated rings. The molecule has 0 bridgehead atoms. The lowest BCUT2D eigenvalue weighted by Crippen LogP contribution is -2.44.